The number of imidazole rings is 1. The molecule has 1 saturated heterocycles. The van der Waals surface area contributed by atoms with Gasteiger partial charge in [-0.25, -0.2) is 4.98 Å². The zero-order valence-electron chi connectivity index (χ0n) is 14.6. The van der Waals surface area contributed by atoms with E-state index in [4.69, 9.17) is 5.26 Å². The van der Waals surface area contributed by atoms with Gasteiger partial charge in [-0.05, 0) is 45.5 Å². The highest BCUT2D eigenvalue weighted by molar-refractivity contribution is 5.78. The average Bonchev–Trinajstić information content (AvgIpc) is 3.11. The second-order valence-electron chi connectivity index (χ2n) is 6.70. The average molecular weight is 337 g/mol. The summed E-state index contributed by atoms with van der Waals surface area (Å²) in [4.78, 5) is 22.2. The van der Waals surface area contributed by atoms with E-state index in [9.17, 15) is 4.79 Å². The van der Waals surface area contributed by atoms with Crippen molar-refractivity contribution in [1.82, 2.24) is 20.2 Å². The van der Waals surface area contributed by atoms with Crippen LogP contribution in [0.15, 0.2) is 30.5 Å². The largest absolute Gasteiger partial charge is 0.349 e. The summed E-state index contributed by atoms with van der Waals surface area (Å²) in [7, 11) is 2.10. The minimum atomic E-state index is 0.0768. The van der Waals surface area contributed by atoms with Crippen molar-refractivity contribution in [3.8, 4) is 17.3 Å². The second kappa shape index (κ2) is 7.49. The predicted octanol–water partition coefficient (Wildman–Crippen LogP) is 2.29. The van der Waals surface area contributed by atoms with E-state index in [1.54, 1.807) is 12.3 Å². The summed E-state index contributed by atoms with van der Waals surface area (Å²) in [5, 5.41) is 12.0. The van der Waals surface area contributed by atoms with Crippen LogP contribution in [0.5, 0.6) is 0 Å². The molecule has 6 nitrogen and oxygen atoms in total. The van der Waals surface area contributed by atoms with E-state index in [-0.39, 0.29) is 11.8 Å². The minimum Gasteiger partial charge on any atom is -0.349 e. The van der Waals surface area contributed by atoms with Crippen LogP contribution < -0.4 is 5.32 Å². The quantitative estimate of drug-likeness (QED) is 0.896. The number of aromatic amines is 1. The number of aromatic nitrogens is 2. The van der Waals surface area contributed by atoms with Gasteiger partial charge in [-0.1, -0.05) is 12.1 Å². The maximum absolute atomic E-state index is 12.4. The summed E-state index contributed by atoms with van der Waals surface area (Å²) in [6, 6.07) is 9.92. The van der Waals surface area contributed by atoms with Crippen molar-refractivity contribution in [2.24, 2.45) is 5.92 Å². The van der Waals surface area contributed by atoms with E-state index in [1.165, 1.54) is 0 Å². The Balaban J connectivity index is 1.58. The number of nitrogens with zero attached hydrogens (tertiary/aromatic N) is 3. The summed E-state index contributed by atoms with van der Waals surface area (Å²) in [6.07, 6.45) is 3.53. The first-order valence-electron chi connectivity index (χ1n) is 8.59. The van der Waals surface area contributed by atoms with Gasteiger partial charge in [0.1, 0.15) is 5.82 Å². The van der Waals surface area contributed by atoms with E-state index in [0.29, 0.717) is 24.0 Å². The third-order valence-corrected chi connectivity index (χ3v) is 4.94. The smallest absolute Gasteiger partial charge is 0.223 e. The highest BCUT2D eigenvalue weighted by Crippen LogP contribution is 2.22. The number of piperidine rings is 1. The molecule has 2 atom stereocenters. The van der Waals surface area contributed by atoms with E-state index in [1.807, 2.05) is 18.2 Å². The first kappa shape index (κ1) is 17.2. The van der Waals surface area contributed by atoms with Crippen LogP contribution in [0, 0.1) is 17.2 Å². The highest BCUT2D eigenvalue weighted by Gasteiger charge is 2.27. The van der Waals surface area contributed by atoms with Crippen LogP contribution in [0.1, 0.15) is 31.2 Å². The molecule has 1 aromatic carbocycles. The molecule has 1 aliphatic heterocycles. The SMILES string of the molecule is C[C@H]1C[C@@H](C(=O)NCc2ncc(-c3cccc(C#N)c3)[nH]2)CCN1C. The standard InChI is InChI=1S/C19H23N5O/c1-13-8-16(6-7-24(13)2)19(25)22-12-18-21-11-17(23-18)15-5-3-4-14(9-15)10-20/h3-5,9,11,13,16H,6-8,12H2,1-2H3,(H,21,23)(H,22,25)/t13-,16-/m0/s1. The Labute approximate surface area is 147 Å². The van der Waals surface area contributed by atoms with Crippen LogP contribution in [0.2, 0.25) is 0 Å². The third kappa shape index (κ3) is 4.06. The molecule has 0 bridgehead atoms. The molecule has 1 aliphatic rings. The first-order valence-corrected chi connectivity index (χ1v) is 8.59. The van der Waals surface area contributed by atoms with Crippen LogP contribution in [0.25, 0.3) is 11.3 Å². The molecular weight excluding hydrogens is 314 g/mol. The number of nitrogens with one attached hydrogen (secondary N) is 2. The van der Waals surface area contributed by atoms with Crippen LogP contribution in [-0.2, 0) is 11.3 Å². The summed E-state index contributed by atoms with van der Waals surface area (Å²) in [5.41, 5.74) is 2.36. The summed E-state index contributed by atoms with van der Waals surface area (Å²) in [5.74, 6) is 0.893. The number of nitriles is 1. The normalized spacial score (nSPS) is 20.8. The number of benzene rings is 1. The molecule has 2 heterocycles. The molecule has 2 N–H and O–H groups in total. The zero-order chi connectivity index (χ0) is 17.8. The number of likely N-dealkylation sites (tertiary alicyclic amines) is 1. The van der Waals surface area contributed by atoms with E-state index in [0.717, 1.165) is 30.6 Å². The Bertz CT molecular complexity index is 791. The van der Waals surface area contributed by atoms with Crippen molar-refractivity contribution in [3.63, 3.8) is 0 Å². The van der Waals surface area contributed by atoms with Crippen LogP contribution in [0.4, 0.5) is 0 Å². The molecular formula is C19H23N5O. The molecule has 2 aromatic rings. The van der Waals surface area contributed by atoms with Crippen LogP contribution >= 0.6 is 0 Å². The fourth-order valence-electron chi connectivity index (χ4n) is 3.20. The molecule has 25 heavy (non-hydrogen) atoms. The van der Waals surface area contributed by atoms with Gasteiger partial charge in [0, 0.05) is 17.5 Å². The molecule has 3 rings (SSSR count). The van der Waals surface area contributed by atoms with Gasteiger partial charge < -0.3 is 15.2 Å². The minimum absolute atomic E-state index is 0.0768. The number of hydrogen-bond acceptors (Lipinski definition) is 4. The fraction of sp³-hybridized carbons (Fsp3) is 0.421. The van der Waals surface area contributed by atoms with Crippen molar-refractivity contribution < 1.29 is 4.79 Å². The van der Waals surface area contributed by atoms with Crippen molar-refractivity contribution in [1.29, 1.82) is 5.26 Å². The molecule has 1 amide bonds. The summed E-state index contributed by atoms with van der Waals surface area (Å²) >= 11 is 0. The Hall–Kier alpha value is -2.65. The lowest BCUT2D eigenvalue weighted by Gasteiger charge is -2.34. The third-order valence-electron chi connectivity index (χ3n) is 4.94. The number of amides is 1. The Morgan fingerprint density at radius 1 is 1.52 bits per heavy atom. The van der Waals surface area contributed by atoms with Crippen molar-refractivity contribution in [3.05, 3.63) is 41.9 Å². The molecule has 1 aromatic heterocycles. The predicted molar refractivity (Wildman–Crippen MR) is 95.4 cm³/mol. The maximum atomic E-state index is 12.4. The lowest BCUT2D eigenvalue weighted by molar-refractivity contribution is -0.127. The van der Waals surface area contributed by atoms with Crippen LogP contribution in [0.3, 0.4) is 0 Å². The zero-order valence-corrected chi connectivity index (χ0v) is 14.6. The van der Waals surface area contributed by atoms with Crippen molar-refractivity contribution >= 4 is 5.91 Å². The summed E-state index contributed by atoms with van der Waals surface area (Å²) in [6.45, 7) is 3.50. The molecule has 0 unspecified atom stereocenters. The van der Waals surface area contributed by atoms with E-state index >= 15 is 0 Å². The Morgan fingerprint density at radius 2 is 2.36 bits per heavy atom. The van der Waals surface area contributed by atoms with Gasteiger partial charge in [0.15, 0.2) is 0 Å². The fourth-order valence-corrected chi connectivity index (χ4v) is 3.20. The monoisotopic (exact) mass is 337 g/mol. The van der Waals surface area contributed by atoms with Crippen molar-refractivity contribution in [2.75, 3.05) is 13.6 Å². The van der Waals surface area contributed by atoms with Crippen LogP contribution in [-0.4, -0.2) is 40.4 Å². The van der Waals surface area contributed by atoms with Gasteiger partial charge in [-0.2, -0.15) is 5.26 Å². The summed E-state index contributed by atoms with van der Waals surface area (Å²) < 4.78 is 0. The van der Waals surface area contributed by atoms with Gasteiger partial charge in [-0.15, -0.1) is 0 Å². The van der Waals surface area contributed by atoms with Gasteiger partial charge in [0.2, 0.25) is 5.91 Å². The Kier molecular flexibility index (Phi) is 5.15. The number of rotatable bonds is 4. The van der Waals surface area contributed by atoms with Gasteiger partial charge in [0.05, 0.1) is 30.1 Å². The topological polar surface area (TPSA) is 84.8 Å². The molecule has 6 heteroatoms. The number of carbonyl (C=O) groups is 1. The molecule has 0 saturated carbocycles. The van der Waals surface area contributed by atoms with E-state index in [2.05, 4.69) is 40.2 Å². The van der Waals surface area contributed by atoms with Crippen molar-refractivity contribution in [2.45, 2.75) is 32.4 Å². The highest BCUT2D eigenvalue weighted by atomic mass is 16.1. The van der Waals surface area contributed by atoms with Gasteiger partial charge in [0.25, 0.3) is 0 Å². The molecule has 130 valence electrons. The second-order valence-corrected chi connectivity index (χ2v) is 6.70. The number of hydrogen-bond donors (Lipinski definition) is 2. The van der Waals surface area contributed by atoms with Gasteiger partial charge in [-0.3, -0.25) is 4.79 Å². The maximum Gasteiger partial charge on any atom is 0.223 e. The molecule has 0 radical (unpaired) electrons. The molecule has 1 fully saturated rings. The first-order chi connectivity index (χ1) is 12.1. The number of H-pyrrole nitrogens is 1. The van der Waals surface area contributed by atoms with E-state index < -0.39 is 0 Å². The number of carbonyl (C=O) groups excluding carboxylic acids is 1. The lowest BCUT2D eigenvalue weighted by Crippen LogP contribution is -2.43. The molecule has 0 aliphatic carbocycles. The molecule has 0 spiro atoms. The lowest BCUT2D eigenvalue weighted by atomic mass is 9.91. The van der Waals surface area contributed by atoms with Gasteiger partial charge >= 0.3 is 0 Å². The Morgan fingerprint density at radius 3 is 3.12 bits per heavy atom.